The summed E-state index contributed by atoms with van der Waals surface area (Å²) in [7, 11) is 2.91. The van der Waals surface area contributed by atoms with Crippen LogP contribution in [0.15, 0.2) is 41.1 Å². The highest BCUT2D eigenvalue weighted by Crippen LogP contribution is 2.41. The third-order valence-electron chi connectivity index (χ3n) is 4.28. The van der Waals surface area contributed by atoms with Crippen molar-refractivity contribution in [3.63, 3.8) is 0 Å². The highest BCUT2D eigenvalue weighted by atomic mass is 35.5. The summed E-state index contributed by atoms with van der Waals surface area (Å²) in [4.78, 5) is 38.4. The number of esters is 1. The smallest absolute Gasteiger partial charge is 0.356 e. The van der Waals surface area contributed by atoms with Crippen molar-refractivity contribution in [1.29, 1.82) is 0 Å². The van der Waals surface area contributed by atoms with Crippen LogP contribution in [0.1, 0.15) is 11.6 Å². The number of hydrogen-bond acceptors (Lipinski definition) is 6. The predicted molar refractivity (Wildman–Crippen MR) is 98.2 cm³/mol. The first-order valence-electron chi connectivity index (χ1n) is 7.93. The average molecular weight is 396 g/mol. The number of nitrogens with zero attached hydrogens (tertiary/aromatic N) is 1. The first-order valence-corrected chi connectivity index (χ1v) is 9.36. The Hall–Kier alpha value is -2.03. The molecule has 3 unspecified atom stereocenters. The van der Waals surface area contributed by atoms with Gasteiger partial charge in [0, 0.05) is 5.75 Å². The van der Waals surface area contributed by atoms with Crippen molar-refractivity contribution in [2.75, 3.05) is 19.9 Å². The lowest BCUT2D eigenvalue weighted by molar-refractivity contribution is -0.151. The van der Waals surface area contributed by atoms with Gasteiger partial charge in [0.15, 0.2) is 0 Å². The zero-order valence-corrected chi connectivity index (χ0v) is 15.8. The summed E-state index contributed by atoms with van der Waals surface area (Å²) < 4.78 is 4.71. The maximum Gasteiger partial charge on any atom is 0.356 e. The molecule has 2 amide bonds. The van der Waals surface area contributed by atoms with Gasteiger partial charge in [-0.3, -0.25) is 14.5 Å². The minimum Gasteiger partial charge on any atom is -0.464 e. The first kappa shape index (κ1) is 18.8. The molecule has 138 valence electrons. The van der Waals surface area contributed by atoms with Crippen LogP contribution in [0.2, 0.25) is 0 Å². The number of β-lactam (4-membered cyclic amide) rings is 1. The van der Waals surface area contributed by atoms with Crippen molar-refractivity contribution in [3.8, 4) is 0 Å². The van der Waals surface area contributed by atoms with E-state index in [1.165, 1.54) is 23.8 Å². The van der Waals surface area contributed by atoms with Crippen molar-refractivity contribution in [2.45, 2.75) is 17.5 Å². The second-order valence-electron chi connectivity index (χ2n) is 5.77. The number of fused-ring (bicyclic) bond motifs is 1. The van der Waals surface area contributed by atoms with E-state index in [1.54, 1.807) is 7.05 Å². The molecule has 3 rings (SSSR count). The molecule has 0 spiro atoms. The number of nitrogens with one attached hydrogen (secondary N) is 2. The maximum absolute atomic E-state index is 12.7. The van der Waals surface area contributed by atoms with Crippen LogP contribution < -0.4 is 10.6 Å². The fourth-order valence-corrected chi connectivity index (χ4v) is 4.55. The molecule has 1 aromatic carbocycles. The number of methoxy groups -OCH3 is 1. The molecule has 1 saturated heterocycles. The lowest BCUT2D eigenvalue weighted by Gasteiger charge is -2.49. The number of rotatable bonds is 5. The summed E-state index contributed by atoms with van der Waals surface area (Å²) in [5.74, 6) is -0.966. The second kappa shape index (κ2) is 7.69. The van der Waals surface area contributed by atoms with Crippen molar-refractivity contribution in [1.82, 2.24) is 15.5 Å². The highest BCUT2D eigenvalue weighted by molar-refractivity contribution is 8.00. The summed E-state index contributed by atoms with van der Waals surface area (Å²) in [6.07, 6.45) is 0. The van der Waals surface area contributed by atoms with Gasteiger partial charge in [-0.25, -0.2) is 4.79 Å². The van der Waals surface area contributed by atoms with Gasteiger partial charge < -0.3 is 15.4 Å². The Morgan fingerprint density at radius 3 is 2.65 bits per heavy atom. The monoisotopic (exact) mass is 395 g/mol. The lowest BCUT2D eigenvalue weighted by Crippen LogP contribution is -2.71. The van der Waals surface area contributed by atoms with Gasteiger partial charge in [-0.05, 0) is 12.6 Å². The fraction of sp³-hybridized carbons (Fsp3) is 0.353. The molecular formula is C17H18ClN3O4S. The topological polar surface area (TPSA) is 87.7 Å². The molecule has 2 aliphatic heterocycles. The van der Waals surface area contributed by atoms with Crippen molar-refractivity contribution in [2.24, 2.45) is 0 Å². The Kier molecular flexibility index (Phi) is 5.55. The molecule has 7 nitrogen and oxygen atoms in total. The van der Waals surface area contributed by atoms with E-state index in [1.807, 2.05) is 30.3 Å². The van der Waals surface area contributed by atoms with Gasteiger partial charge in [0.2, 0.25) is 5.91 Å². The quantitative estimate of drug-likeness (QED) is 0.570. The van der Waals surface area contributed by atoms with Crippen molar-refractivity contribution < 1.29 is 19.1 Å². The molecule has 0 aliphatic carbocycles. The molecule has 2 N–H and O–H groups in total. The number of carbonyl (C=O) groups excluding carboxylic acids is 3. The van der Waals surface area contributed by atoms with Crippen LogP contribution in [0.3, 0.4) is 0 Å². The van der Waals surface area contributed by atoms with E-state index in [0.29, 0.717) is 5.75 Å². The Labute approximate surface area is 160 Å². The van der Waals surface area contributed by atoms with Gasteiger partial charge in [-0.15, -0.1) is 11.8 Å². The van der Waals surface area contributed by atoms with Gasteiger partial charge in [0.25, 0.3) is 5.91 Å². The number of ether oxygens (including phenoxy) is 1. The summed E-state index contributed by atoms with van der Waals surface area (Å²) in [6, 6.07) is 7.93. The van der Waals surface area contributed by atoms with Crippen LogP contribution in [0.5, 0.6) is 0 Å². The van der Waals surface area contributed by atoms with Gasteiger partial charge in [-0.2, -0.15) is 0 Å². The third-order valence-corrected chi connectivity index (χ3v) is 6.03. The summed E-state index contributed by atoms with van der Waals surface area (Å²) in [5, 5.41) is 5.62. The Morgan fingerprint density at radius 1 is 1.35 bits per heavy atom. The molecule has 2 aliphatic rings. The molecule has 26 heavy (non-hydrogen) atoms. The molecule has 1 fully saturated rings. The third kappa shape index (κ3) is 3.20. The summed E-state index contributed by atoms with van der Waals surface area (Å²) >= 11 is 7.48. The number of hydrogen-bond donors (Lipinski definition) is 2. The molecule has 0 radical (unpaired) electrons. The Bertz CT molecular complexity index is 771. The predicted octanol–water partition coefficient (Wildman–Crippen LogP) is 0.970. The number of amides is 2. The van der Waals surface area contributed by atoms with E-state index in [0.717, 1.165) is 5.56 Å². The second-order valence-corrected chi connectivity index (χ2v) is 7.33. The van der Waals surface area contributed by atoms with Gasteiger partial charge in [0.1, 0.15) is 23.2 Å². The SMILES string of the molecule is CNC(C(=O)NC1C(=O)N2C(C(=O)OC)=C(Cl)CSC12)c1ccccc1. The van der Waals surface area contributed by atoms with Crippen molar-refractivity contribution in [3.05, 3.63) is 46.6 Å². The van der Waals surface area contributed by atoms with E-state index >= 15 is 0 Å². The zero-order valence-electron chi connectivity index (χ0n) is 14.2. The number of benzene rings is 1. The van der Waals surface area contributed by atoms with Crippen LogP contribution in [0.4, 0.5) is 0 Å². The maximum atomic E-state index is 12.7. The van der Waals surface area contributed by atoms with E-state index in [-0.39, 0.29) is 27.9 Å². The number of thioether (sulfide) groups is 1. The van der Waals surface area contributed by atoms with Crippen LogP contribution in [-0.2, 0) is 19.1 Å². The van der Waals surface area contributed by atoms with Crippen LogP contribution >= 0.6 is 23.4 Å². The largest absolute Gasteiger partial charge is 0.464 e. The average Bonchev–Trinajstić information content (AvgIpc) is 2.66. The molecule has 2 heterocycles. The molecular weight excluding hydrogens is 378 g/mol. The molecule has 0 saturated carbocycles. The highest BCUT2D eigenvalue weighted by Gasteiger charge is 2.54. The van der Waals surface area contributed by atoms with Gasteiger partial charge in [0.05, 0.1) is 12.1 Å². The molecule has 0 aromatic heterocycles. The first-order chi connectivity index (χ1) is 12.5. The number of likely N-dealkylation sites (N-methyl/N-ethyl adjacent to an activating group) is 1. The van der Waals surface area contributed by atoms with Gasteiger partial charge >= 0.3 is 5.97 Å². The van der Waals surface area contributed by atoms with E-state index < -0.39 is 18.1 Å². The van der Waals surface area contributed by atoms with E-state index in [4.69, 9.17) is 16.3 Å². The fourth-order valence-electron chi connectivity index (χ4n) is 3.00. The molecule has 0 bridgehead atoms. The standard InChI is InChI=1S/C17H18ClN3O4S/c1-19-11(9-6-4-3-5-7-9)14(22)20-12-15(23)21-13(17(24)25-2)10(18)8-26-16(12)21/h3-7,11-12,16,19H,8H2,1-2H3,(H,20,22). The zero-order chi connectivity index (χ0) is 18.8. The van der Waals surface area contributed by atoms with Crippen LogP contribution in [0, 0.1) is 0 Å². The number of halogens is 1. The van der Waals surface area contributed by atoms with E-state index in [2.05, 4.69) is 10.6 Å². The number of carbonyl (C=O) groups is 3. The molecule has 1 aromatic rings. The molecule has 3 atom stereocenters. The van der Waals surface area contributed by atoms with E-state index in [9.17, 15) is 14.4 Å². The van der Waals surface area contributed by atoms with Crippen LogP contribution in [-0.4, -0.2) is 54.0 Å². The minimum atomic E-state index is -0.712. The normalized spacial score (nSPS) is 23.0. The van der Waals surface area contributed by atoms with Crippen molar-refractivity contribution >= 4 is 41.1 Å². The summed E-state index contributed by atoms with van der Waals surface area (Å²) in [5.41, 5.74) is 0.854. The Balaban J connectivity index is 1.74. The minimum absolute atomic E-state index is 0.0571. The Morgan fingerprint density at radius 2 is 2.04 bits per heavy atom. The summed E-state index contributed by atoms with van der Waals surface area (Å²) in [6.45, 7) is 0. The van der Waals surface area contributed by atoms with Gasteiger partial charge in [-0.1, -0.05) is 41.9 Å². The molecule has 9 heteroatoms. The lowest BCUT2D eigenvalue weighted by atomic mass is 10.0. The van der Waals surface area contributed by atoms with Crippen LogP contribution in [0.25, 0.3) is 0 Å².